The van der Waals surface area contributed by atoms with Gasteiger partial charge in [-0.1, -0.05) is 24.3 Å². The number of nitrogens with one attached hydrogen (secondary N) is 2. The lowest BCUT2D eigenvalue weighted by Crippen LogP contribution is -2.26. The van der Waals surface area contributed by atoms with Crippen LogP contribution in [-0.4, -0.2) is 48.8 Å². The molecular weight excluding hydrogens is 394 g/mol. The summed E-state index contributed by atoms with van der Waals surface area (Å²) in [5.74, 6) is 0.682. The predicted molar refractivity (Wildman–Crippen MR) is 113 cm³/mol. The lowest BCUT2D eigenvalue weighted by atomic mass is 10.1. The molecule has 0 spiro atoms. The molecule has 5 rings (SSSR count). The molecule has 3 aromatic rings. The topological polar surface area (TPSA) is 109 Å². The number of ether oxygens (including phenoxy) is 1. The smallest absolute Gasteiger partial charge is 0.225 e. The van der Waals surface area contributed by atoms with Gasteiger partial charge in [0.15, 0.2) is 0 Å². The van der Waals surface area contributed by atoms with Gasteiger partial charge >= 0.3 is 0 Å². The Morgan fingerprint density at radius 2 is 2.03 bits per heavy atom. The Morgan fingerprint density at radius 3 is 2.77 bits per heavy atom. The van der Waals surface area contributed by atoms with Crippen molar-refractivity contribution in [1.82, 2.24) is 30.3 Å². The number of H-pyrrole nitrogens is 1. The van der Waals surface area contributed by atoms with Crippen LogP contribution in [0.3, 0.4) is 0 Å². The average molecular weight is 419 g/mol. The third-order valence-corrected chi connectivity index (χ3v) is 5.93. The van der Waals surface area contributed by atoms with Crippen LogP contribution in [0.1, 0.15) is 47.5 Å². The molecule has 9 nitrogen and oxygen atoms in total. The molecule has 160 valence electrons. The summed E-state index contributed by atoms with van der Waals surface area (Å²) in [7, 11) is 0. The standard InChI is InChI=1S/C22H25N7O2/c1-14(19-11-24-28-27-19)31-7-6-21(30)29-12-17-10-23-22(26-20(17)13-29)25-18-8-15-4-2-3-5-16(15)9-18/h2-5,10-11,14,18H,6-9,12-13H2,1H3,(H,23,25,26)(H,24,27,28). The van der Waals surface area contributed by atoms with Gasteiger partial charge in [-0.15, -0.1) is 0 Å². The lowest BCUT2D eigenvalue weighted by Gasteiger charge is -2.16. The van der Waals surface area contributed by atoms with E-state index in [4.69, 9.17) is 4.74 Å². The quantitative estimate of drug-likeness (QED) is 0.604. The van der Waals surface area contributed by atoms with Gasteiger partial charge in [0.05, 0.1) is 31.5 Å². The molecule has 0 radical (unpaired) electrons. The van der Waals surface area contributed by atoms with Crippen molar-refractivity contribution >= 4 is 11.9 Å². The van der Waals surface area contributed by atoms with Crippen LogP contribution >= 0.6 is 0 Å². The van der Waals surface area contributed by atoms with Gasteiger partial charge in [-0.2, -0.15) is 15.4 Å². The first-order valence-electron chi connectivity index (χ1n) is 10.6. The number of rotatable bonds is 7. The number of anilines is 1. The van der Waals surface area contributed by atoms with Crippen molar-refractivity contribution in [2.45, 2.75) is 51.4 Å². The highest BCUT2D eigenvalue weighted by atomic mass is 16.5. The van der Waals surface area contributed by atoms with Gasteiger partial charge in [-0.05, 0) is 30.9 Å². The monoisotopic (exact) mass is 419 g/mol. The van der Waals surface area contributed by atoms with Crippen LogP contribution in [0.4, 0.5) is 5.95 Å². The van der Waals surface area contributed by atoms with Crippen LogP contribution in [0.25, 0.3) is 0 Å². The Labute approximate surface area is 180 Å². The summed E-state index contributed by atoms with van der Waals surface area (Å²) in [5.41, 5.74) is 5.42. The van der Waals surface area contributed by atoms with Crippen LogP contribution in [0.2, 0.25) is 0 Å². The van der Waals surface area contributed by atoms with Gasteiger partial charge in [0.1, 0.15) is 11.8 Å². The summed E-state index contributed by atoms with van der Waals surface area (Å²) in [6, 6.07) is 8.83. The number of hydrogen-bond acceptors (Lipinski definition) is 7. The zero-order valence-electron chi connectivity index (χ0n) is 17.4. The summed E-state index contributed by atoms with van der Waals surface area (Å²) in [6.45, 7) is 3.28. The van der Waals surface area contributed by atoms with Gasteiger partial charge in [0.25, 0.3) is 0 Å². The molecule has 2 aromatic heterocycles. The highest BCUT2D eigenvalue weighted by Crippen LogP contribution is 2.26. The minimum Gasteiger partial charge on any atom is -0.372 e. The maximum absolute atomic E-state index is 12.6. The number of carbonyl (C=O) groups excluding carboxylic acids is 1. The average Bonchev–Trinajstić information content (AvgIpc) is 3.51. The Bertz CT molecular complexity index is 1040. The molecular formula is C22H25N7O2. The zero-order valence-corrected chi connectivity index (χ0v) is 17.4. The van der Waals surface area contributed by atoms with Gasteiger partial charge in [0.2, 0.25) is 11.9 Å². The summed E-state index contributed by atoms with van der Waals surface area (Å²) < 4.78 is 5.71. The largest absolute Gasteiger partial charge is 0.372 e. The van der Waals surface area contributed by atoms with E-state index in [0.717, 1.165) is 29.8 Å². The van der Waals surface area contributed by atoms with Crippen LogP contribution < -0.4 is 5.32 Å². The highest BCUT2D eigenvalue weighted by molar-refractivity contribution is 5.77. The van der Waals surface area contributed by atoms with Crippen molar-refractivity contribution < 1.29 is 9.53 Å². The number of carbonyl (C=O) groups is 1. The highest BCUT2D eigenvalue weighted by Gasteiger charge is 2.26. The Hall–Kier alpha value is -3.33. The number of nitrogens with zero attached hydrogens (tertiary/aromatic N) is 5. The molecule has 3 heterocycles. The summed E-state index contributed by atoms with van der Waals surface area (Å²) in [4.78, 5) is 23.6. The van der Waals surface area contributed by atoms with Crippen LogP contribution in [-0.2, 0) is 35.5 Å². The minimum absolute atomic E-state index is 0.0473. The first-order valence-corrected chi connectivity index (χ1v) is 10.6. The molecule has 0 fully saturated rings. The van der Waals surface area contributed by atoms with Crippen LogP contribution in [0, 0.1) is 0 Å². The van der Waals surface area contributed by atoms with E-state index in [1.54, 1.807) is 11.1 Å². The van der Waals surface area contributed by atoms with E-state index in [1.165, 1.54) is 11.1 Å². The number of fused-ring (bicyclic) bond motifs is 2. The molecule has 2 aliphatic rings. The van der Waals surface area contributed by atoms with E-state index in [2.05, 4.69) is 55.0 Å². The molecule has 2 N–H and O–H groups in total. The van der Waals surface area contributed by atoms with Gasteiger partial charge in [-0.3, -0.25) is 4.79 Å². The second kappa shape index (κ2) is 8.43. The van der Waals surface area contributed by atoms with Crippen molar-refractivity contribution in [3.05, 3.63) is 64.7 Å². The molecule has 1 amide bonds. The molecule has 0 bridgehead atoms. The van der Waals surface area contributed by atoms with Crippen molar-refractivity contribution in [3.63, 3.8) is 0 Å². The van der Waals surface area contributed by atoms with E-state index in [9.17, 15) is 4.79 Å². The summed E-state index contributed by atoms with van der Waals surface area (Å²) >= 11 is 0. The summed E-state index contributed by atoms with van der Waals surface area (Å²) in [5, 5.41) is 13.8. The fourth-order valence-electron chi connectivity index (χ4n) is 4.22. The van der Waals surface area contributed by atoms with Crippen LogP contribution in [0.15, 0.2) is 36.7 Å². The number of aromatic amines is 1. The SMILES string of the molecule is CC(OCCC(=O)N1Cc2cnc(NC3Cc4ccccc4C3)nc2C1)c1cn[nH]n1. The van der Waals surface area contributed by atoms with Crippen molar-refractivity contribution in [2.24, 2.45) is 0 Å². The Kier molecular flexibility index (Phi) is 5.33. The van der Waals surface area contributed by atoms with E-state index >= 15 is 0 Å². The van der Waals surface area contributed by atoms with E-state index in [0.29, 0.717) is 38.1 Å². The Morgan fingerprint density at radius 1 is 1.23 bits per heavy atom. The molecule has 9 heteroatoms. The number of hydrogen-bond donors (Lipinski definition) is 2. The molecule has 0 saturated heterocycles. The third-order valence-electron chi connectivity index (χ3n) is 5.93. The maximum atomic E-state index is 12.6. The number of aromatic nitrogens is 5. The third kappa shape index (κ3) is 4.27. The Balaban J connectivity index is 1.13. The van der Waals surface area contributed by atoms with Gasteiger partial charge < -0.3 is 15.0 Å². The lowest BCUT2D eigenvalue weighted by molar-refractivity contribution is -0.133. The van der Waals surface area contributed by atoms with Crippen molar-refractivity contribution in [1.29, 1.82) is 0 Å². The van der Waals surface area contributed by atoms with Gasteiger partial charge in [0, 0.05) is 24.3 Å². The molecule has 1 aliphatic carbocycles. The van der Waals surface area contributed by atoms with Gasteiger partial charge in [-0.25, -0.2) is 9.97 Å². The van der Waals surface area contributed by atoms with E-state index in [1.807, 2.05) is 13.1 Å². The first-order chi connectivity index (χ1) is 15.2. The fraction of sp³-hybridized carbons (Fsp3) is 0.409. The first kappa shape index (κ1) is 19.6. The summed E-state index contributed by atoms with van der Waals surface area (Å²) in [6.07, 6.45) is 5.53. The minimum atomic E-state index is -0.205. The molecule has 0 saturated carbocycles. The fourth-order valence-corrected chi connectivity index (χ4v) is 4.22. The van der Waals surface area contributed by atoms with Crippen LogP contribution in [0.5, 0.6) is 0 Å². The molecule has 1 unspecified atom stereocenters. The second-order valence-electron chi connectivity index (χ2n) is 8.09. The predicted octanol–water partition coefficient (Wildman–Crippen LogP) is 2.18. The molecule has 31 heavy (non-hydrogen) atoms. The number of benzene rings is 1. The molecule has 1 aromatic carbocycles. The normalized spacial score (nSPS) is 16.2. The zero-order chi connectivity index (χ0) is 21.2. The van der Waals surface area contributed by atoms with Crippen molar-refractivity contribution in [2.75, 3.05) is 11.9 Å². The number of amides is 1. The maximum Gasteiger partial charge on any atom is 0.225 e. The second-order valence-corrected chi connectivity index (χ2v) is 8.09. The van der Waals surface area contributed by atoms with Crippen molar-refractivity contribution in [3.8, 4) is 0 Å². The van der Waals surface area contributed by atoms with E-state index < -0.39 is 0 Å². The molecule has 1 atom stereocenters. The van der Waals surface area contributed by atoms with E-state index in [-0.39, 0.29) is 12.0 Å². The molecule has 1 aliphatic heterocycles.